The van der Waals surface area contributed by atoms with E-state index in [2.05, 4.69) is 0 Å². The normalized spacial score (nSPS) is 20.4. The monoisotopic (exact) mass is 471 g/mol. The SMILES string of the molecule is COc1ccc(S(=O)(=O)N2CCCCC(C=Cc3ccccc3)C2C(=O)OC(C)(C)C)cc1. The van der Waals surface area contributed by atoms with Crippen molar-refractivity contribution in [2.24, 2.45) is 5.92 Å². The Bertz CT molecular complexity index is 1060. The highest BCUT2D eigenvalue weighted by Gasteiger charge is 2.43. The minimum Gasteiger partial charge on any atom is -0.497 e. The Labute approximate surface area is 197 Å². The zero-order chi connectivity index (χ0) is 24.1. The molecule has 33 heavy (non-hydrogen) atoms. The van der Waals surface area contributed by atoms with Gasteiger partial charge in [0.05, 0.1) is 12.0 Å². The average Bonchev–Trinajstić information content (AvgIpc) is 3.00. The number of carbonyl (C=O) groups is 1. The van der Waals surface area contributed by atoms with Gasteiger partial charge in [0, 0.05) is 12.5 Å². The summed E-state index contributed by atoms with van der Waals surface area (Å²) in [7, 11) is -2.40. The van der Waals surface area contributed by atoms with Crippen LogP contribution in [0.3, 0.4) is 0 Å². The molecule has 6 nitrogen and oxygen atoms in total. The van der Waals surface area contributed by atoms with E-state index in [1.807, 2.05) is 42.5 Å². The summed E-state index contributed by atoms with van der Waals surface area (Å²) >= 11 is 0. The van der Waals surface area contributed by atoms with Crippen LogP contribution < -0.4 is 4.74 Å². The number of sulfonamides is 1. The number of hydrogen-bond donors (Lipinski definition) is 0. The highest BCUT2D eigenvalue weighted by Crippen LogP contribution is 2.32. The number of ether oxygens (including phenoxy) is 2. The second kappa shape index (κ2) is 10.5. The van der Waals surface area contributed by atoms with Crippen LogP contribution in [0.4, 0.5) is 0 Å². The molecule has 2 atom stereocenters. The molecule has 2 unspecified atom stereocenters. The fourth-order valence-electron chi connectivity index (χ4n) is 3.97. The summed E-state index contributed by atoms with van der Waals surface area (Å²) in [4.78, 5) is 13.5. The fraction of sp³-hybridized carbons (Fsp3) is 0.423. The van der Waals surface area contributed by atoms with Gasteiger partial charge in [0.2, 0.25) is 10.0 Å². The molecule has 0 spiro atoms. The van der Waals surface area contributed by atoms with Crippen molar-refractivity contribution in [2.45, 2.75) is 56.6 Å². The third kappa shape index (κ3) is 6.45. The van der Waals surface area contributed by atoms with Crippen molar-refractivity contribution in [2.75, 3.05) is 13.7 Å². The topological polar surface area (TPSA) is 72.9 Å². The predicted molar refractivity (Wildman–Crippen MR) is 129 cm³/mol. The van der Waals surface area contributed by atoms with Crippen LogP contribution in [0.15, 0.2) is 65.6 Å². The lowest BCUT2D eigenvalue weighted by Crippen LogP contribution is -2.50. The molecule has 0 amide bonds. The molecule has 2 aromatic carbocycles. The van der Waals surface area contributed by atoms with E-state index in [4.69, 9.17) is 9.47 Å². The number of nitrogens with zero attached hydrogens (tertiary/aromatic N) is 1. The maximum absolute atomic E-state index is 13.7. The second-order valence-electron chi connectivity index (χ2n) is 9.20. The Morgan fingerprint density at radius 1 is 1.03 bits per heavy atom. The van der Waals surface area contributed by atoms with Crippen molar-refractivity contribution < 1.29 is 22.7 Å². The van der Waals surface area contributed by atoms with Crippen LogP contribution in [0.2, 0.25) is 0 Å². The zero-order valence-corrected chi connectivity index (χ0v) is 20.5. The van der Waals surface area contributed by atoms with Gasteiger partial charge >= 0.3 is 5.97 Å². The molecule has 2 aromatic rings. The minimum absolute atomic E-state index is 0.129. The van der Waals surface area contributed by atoms with Crippen molar-refractivity contribution in [3.63, 3.8) is 0 Å². The quantitative estimate of drug-likeness (QED) is 0.560. The van der Waals surface area contributed by atoms with E-state index in [1.54, 1.807) is 32.9 Å². The number of benzene rings is 2. The molecule has 0 radical (unpaired) electrons. The zero-order valence-electron chi connectivity index (χ0n) is 19.7. The van der Waals surface area contributed by atoms with Gasteiger partial charge in [-0.1, -0.05) is 48.9 Å². The van der Waals surface area contributed by atoms with Gasteiger partial charge in [0.25, 0.3) is 0 Å². The molecule has 0 aliphatic carbocycles. The van der Waals surface area contributed by atoms with Crippen molar-refractivity contribution in [3.05, 3.63) is 66.2 Å². The molecule has 3 rings (SSSR count). The van der Waals surface area contributed by atoms with Gasteiger partial charge in [0.15, 0.2) is 0 Å². The Morgan fingerprint density at radius 2 is 1.70 bits per heavy atom. The lowest BCUT2D eigenvalue weighted by Gasteiger charge is -2.33. The molecule has 178 valence electrons. The van der Waals surface area contributed by atoms with Crippen molar-refractivity contribution in [3.8, 4) is 5.75 Å². The van der Waals surface area contributed by atoms with E-state index in [0.29, 0.717) is 18.6 Å². The summed E-state index contributed by atoms with van der Waals surface area (Å²) in [6, 6.07) is 15.1. The molecule has 1 aliphatic rings. The second-order valence-corrected chi connectivity index (χ2v) is 11.1. The first-order valence-electron chi connectivity index (χ1n) is 11.2. The molecule has 1 saturated heterocycles. The predicted octanol–water partition coefficient (Wildman–Crippen LogP) is 4.91. The first kappa shape index (κ1) is 25.0. The van der Waals surface area contributed by atoms with Gasteiger partial charge in [-0.2, -0.15) is 4.31 Å². The van der Waals surface area contributed by atoms with Crippen LogP contribution in [0, 0.1) is 5.92 Å². The third-order valence-electron chi connectivity index (χ3n) is 5.53. The Hall–Kier alpha value is -2.64. The number of esters is 1. The van der Waals surface area contributed by atoms with Gasteiger partial charge in [-0.3, -0.25) is 4.79 Å². The van der Waals surface area contributed by atoms with Crippen molar-refractivity contribution in [1.82, 2.24) is 4.31 Å². The van der Waals surface area contributed by atoms with E-state index in [9.17, 15) is 13.2 Å². The minimum atomic E-state index is -3.93. The smallest absolute Gasteiger partial charge is 0.325 e. The number of carbonyl (C=O) groups excluding carboxylic acids is 1. The van der Waals surface area contributed by atoms with Gasteiger partial charge in [-0.05, 0) is 63.4 Å². The highest BCUT2D eigenvalue weighted by molar-refractivity contribution is 7.89. The molecule has 0 N–H and O–H groups in total. The van der Waals surface area contributed by atoms with Crippen LogP contribution >= 0.6 is 0 Å². The van der Waals surface area contributed by atoms with Crippen LogP contribution in [0.1, 0.15) is 45.6 Å². The fourth-order valence-corrected chi connectivity index (χ4v) is 5.63. The number of hydrogen-bond acceptors (Lipinski definition) is 5. The summed E-state index contributed by atoms with van der Waals surface area (Å²) in [6.45, 7) is 5.63. The molecular weight excluding hydrogens is 438 g/mol. The molecule has 1 aliphatic heterocycles. The molecule has 0 saturated carbocycles. The summed E-state index contributed by atoms with van der Waals surface area (Å²) in [5.41, 5.74) is 0.265. The van der Waals surface area contributed by atoms with E-state index < -0.39 is 27.6 Å². The summed E-state index contributed by atoms with van der Waals surface area (Å²) in [6.07, 6.45) is 6.08. The van der Waals surface area contributed by atoms with Gasteiger partial charge in [0.1, 0.15) is 17.4 Å². The van der Waals surface area contributed by atoms with Crippen molar-refractivity contribution >= 4 is 22.1 Å². The van der Waals surface area contributed by atoms with Crippen LogP contribution in [-0.2, 0) is 19.6 Å². The Balaban J connectivity index is 2.02. The molecular formula is C26H33NO5S. The van der Waals surface area contributed by atoms with Gasteiger partial charge < -0.3 is 9.47 Å². The molecule has 0 aromatic heterocycles. The van der Waals surface area contributed by atoms with E-state index in [-0.39, 0.29) is 17.4 Å². The number of methoxy groups -OCH3 is 1. The van der Waals surface area contributed by atoms with Crippen LogP contribution in [0.25, 0.3) is 6.08 Å². The summed E-state index contributed by atoms with van der Waals surface area (Å²) in [5, 5.41) is 0. The highest BCUT2D eigenvalue weighted by atomic mass is 32.2. The maximum Gasteiger partial charge on any atom is 0.325 e. The lowest BCUT2D eigenvalue weighted by molar-refractivity contribution is -0.160. The van der Waals surface area contributed by atoms with Crippen LogP contribution in [0.5, 0.6) is 5.75 Å². The first-order chi connectivity index (χ1) is 15.6. The van der Waals surface area contributed by atoms with Gasteiger partial charge in [-0.25, -0.2) is 8.42 Å². The standard InChI is InChI=1S/C26H33NO5S/c1-26(2,3)32-25(28)24-21(14-13-20-10-6-5-7-11-20)12-8-9-19-27(24)33(29,30)23-17-15-22(31-4)16-18-23/h5-7,10-11,13-18,21,24H,8-9,12,19H2,1-4H3. The number of rotatable bonds is 6. The molecule has 1 fully saturated rings. The van der Waals surface area contributed by atoms with E-state index >= 15 is 0 Å². The van der Waals surface area contributed by atoms with Gasteiger partial charge in [-0.15, -0.1) is 0 Å². The Morgan fingerprint density at radius 3 is 2.30 bits per heavy atom. The summed E-state index contributed by atoms with van der Waals surface area (Å²) in [5.74, 6) is -0.267. The largest absolute Gasteiger partial charge is 0.497 e. The molecule has 0 bridgehead atoms. The van der Waals surface area contributed by atoms with Crippen LogP contribution in [-0.4, -0.2) is 44.0 Å². The maximum atomic E-state index is 13.7. The molecule has 1 heterocycles. The molecule has 7 heteroatoms. The first-order valence-corrected chi connectivity index (χ1v) is 12.7. The van der Waals surface area contributed by atoms with E-state index in [1.165, 1.54) is 23.5 Å². The third-order valence-corrected chi connectivity index (χ3v) is 7.43. The average molecular weight is 472 g/mol. The summed E-state index contributed by atoms with van der Waals surface area (Å²) < 4.78 is 39.6. The van der Waals surface area contributed by atoms with Crippen molar-refractivity contribution in [1.29, 1.82) is 0 Å². The Kier molecular flexibility index (Phi) is 7.97. The lowest BCUT2D eigenvalue weighted by atomic mass is 9.94. The van der Waals surface area contributed by atoms with E-state index in [0.717, 1.165) is 12.0 Å².